The third-order valence-electron chi connectivity index (χ3n) is 3.90. The summed E-state index contributed by atoms with van der Waals surface area (Å²) in [7, 11) is 0. The molecule has 0 spiro atoms. The first-order chi connectivity index (χ1) is 9.67. The molecule has 1 heterocycles. The average Bonchev–Trinajstić information content (AvgIpc) is 2.71. The molecule has 3 rings (SSSR count). The first-order valence-corrected chi connectivity index (χ1v) is 7.22. The summed E-state index contributed by atoms with van der Waals surface area (Å²) in [5.41, 5.74) is 2.44. The minimum Gasteiger partial charge on any atom is -0.486 e. The third kappa shape index (κ3) is 2.56. The van der Waals surface area contributed by atoms with Crippen molar-refractivity contribution in [2.45, 2.75) is 31.9 Å². The van der Waals surface area contributed by atoms with Crippen molar-refractivity contribution in [2.75, 3.05) is 6.54 Å². The number of hydrogen-bond acceptors (Lipinski definition) is 2. The Morgan fingerprint density at radius 1 is 1.00 bits per heavy atom. The largest absolute Gasteiger partial charge is 0.486 e. The van der Waals surface area contributed by atoms with Crippen LogP contribution in [0.3, 0.4) is 0 Å². The zero-order chi connectivity index (χ0) is 14.0. The van der Waals surface area contributed by atoms with Crippen LogP contribution in [-0.4, -0.2) is 12.1 Å². The van der Waals surface area contributed by atoms with Gasteiger partial charge in [-0.15, -0.1) is 0 Å². The molecular weight excluding hydrogens is 246 g/mol. The molecule has 0 saturated carbocycles. The lowest BCUT2D eigenvalue weighted by atomic mass is 9.94. The summed E-state index contributed by atoms with van der Waals surface area (Å²) >= 11 is 0. The van der Waals surface area contributed by atoms with E-state index in [0.29, 0.717) is 0 Å². The molecule has 0 fully saturated rings. The SMILES string of the molecule is CC1(C)Oc2ccccc2C1NCCc1ccccc1. The molecule has 0 aromatic heterocycles. The van der Waals surface area contributed by atoms with Crippen molar-refractivity contribution in [3.8, 4) is 5.75 Å². The number of fused-ring (bicyclic) bond motifs is 1. The van der Waals surface area contributed by atoms with E-state index in [1.165, 1.54) is 11.1 Å². The third-order valence-corrected chi connectivity index (χ3v) is 3.90. The lowest BCUT2D eigenvalue weighted by molar-refractivity contribution is 0.0968. The van der Waals surface area contributed by atoms with Gasteiger partial charge in [0, 0.05) is 5.56 Å². The maximum absolute atomic E-state index is 6.05. The number of nitrogens with one attached hydrogen (secondary N) is 1. The molecule has 20 heavy (non-hydrogen) atoms. The van der Waals surface area contributed by atoms with Crippen LogP contribution < -0.4 is 10.1 Å². The standard InChI is InChI=1S/C18H21NO/c1-18(2)17(15-10-6-7-11-16(15)20-18)19-13-12-14-8-4-3-5-9-14/h3-11,17,19H,12-13H2,1-2H3. The van der Waals surface area contributed by atoms with Crippen LogP contribution in [0.25, 0.3) is 0 Å². The highest BCUT2D eigenvalue weighted by Crippen LogP contribution is 2.42. The van der Waals surface area contributed by atoms with Crippen LogP contribution in [-0.2, 0) is 6.42 Å². The van der Waals surface area contributed by atoms with E-state index in [1.807, 2.05) is 6.07 Å². The number of ether oxygens (including phenoxy) is 1. The summed E-state index contributed by atoms with van der Waals surface area (Å²) < 4.78 is 6.05. The van der Waals surface area contributed by atoms with Crippen LogP contribution in [0.5, 0.6) is 5.75 Å². The minimum atomic E-state index is -0.194. The van der Waals surface area contributed by atoms with Gasteiger partial charge in [-0.05, 0) is 38.4 Å². The molecule has 1 aliphatic rings. The monoisotopic (exact) mass is 267 g/mol. The van der Waals surface area contributed by atoms with Crippen molar-refractivity contribution in [2.24, 2.45) is 0 Å². The van der Waals surface area contributed by atoms with Gasteiger partial charge in [-0.25, -0.2) is 0 Å². The van der Waals surface area contributed by atoms with Crippen molar-refractivity contribution in [1.29, 1.82) is 0 Å². The summed E-state index contributed by atoms with van der Waals surface area (Å²) in [5, 5.41) is 3.65. The van der Waals surface area contributed by atoms with Crippen LogP contribution in [0.1, 0.15) is 31.0 Å². The molecule has 2 aromatic carbocycles. The maximum atomic E-state index is 6.05. The fourth-order valence-corrected chi connectivity index (χ4v) is 2.89. The summed E-state index contributed by atoms with van der Waals surface area (Å²) in [6, 6.07) is 19.2. The maximum Gasteiger partial charge on any atom is 0.125 e. The summed E-state index contributed by atoms with van der Waals surface area (Å²) in [6.45, 7) is 5.25. The number of benzene rings is 2. The first-order valence-electron chi connectivity index (χ1n) is 7.22. The smallest absolute Gasteiger partial charge is 0.125 e. The Morgan fingerprint density at radius 2 is 1.70 bits per heavy atom. The van der Waals surface area contributed by atoms with Crippen molar-refractivity contribution in [3.05, 3.63) is 65.7 Å². The van der Waals surface area contributed by atoms with Crippen LogP contribution in [0.4, 0.5) is 0 Å². The molecule has 1 atom stereocenters. The number of hydrogen-bond donors (Lipinski definition) is 1. The summed E-state index contributed by atoms with van der Waals surface area (Å²) in [4.78, 5) is 0. The van der Waals surface area contributed by atoms with Crippen molar-refractivity contribution in [3.63, 3.8) is 0 Å². The molecule has 0 radical (unpaired) electrons. The molecule has 0 aliphatic carbocycles. The second-order valence-corrected chi connectivity index (χ2v) is 5.87. The van der Waals surface area contributed by atoms with Gasteiger partial charge in [0.1, 0.15) is 11.4 Å². The molecular formula is C18H21NO. The van der Waals surface area contributed by atoms with E-state index in [-0.39, 0.29) is 11.6 Å². The number of para-hydroxylation sites is 1. The fraction of sp³-hybridized carbons (Fsp3) is 0.333. The predicted molar refractivity (Wildman–Crippen MR) is 82.0 cm³/mol. The quantitative estimate of drug-likeness (QED) is 0.911. The van der Waals surface area contributed by atoms with Gasteiger partial charge in [0.25, 0.3) is 0 Å². The van der Waals surface area contributed by atoms with Gasteiger partial charge in [-0.3, -0.25) is 0 Å². The first kappa shape index (κ1) is 13.2. The Balaban J connectivity index is 1.67. The Hall–Kier alpha value is -1.80. The highest BCUT2D eigenvalue weighted by Gasteiger charge is 2.40. The molecule has 0 bridgehead atoms. The highest BCUT2D eigenvalue weighted by molar-refractivity contribution is 5.42. The zero-order valence-corrected chi connectivity index (χ0v) is 12.1. The van der Waals surface area contributed by atoms with Crippen LogP contribution >= 0.6 is 0 Å². The lowest BCUT2D eigenvalue weighted by Crippen LogP contribution is -2.39. The molecule has 0 amide bonds. The fourth-order valence-electron chi connectivity index (χ4n) is 2.89. The van der Waals surface area contributed by atoms with Crippen LogP contribution in [0.15, 0.2) is 54.6 Å². The molecule has 1 unspecified atom stereocenters. The van der Waals surface area contributed by atoms with E-state index in [4.69, 9.17) is 4.74 Å². The Labute approximate surface area is 120 Å². The second-order valence-electron chi connectivity index (χ2n) is 5.87. The molecule has 0 saturated heterocycles. The lowest BCUT2D eigenvalue weighted by Gasteiger charge is -2.27. The summed E-state index contributed by atoms with van der Waals surface area (Å²) in [6.07, 6.45) is 1.04. The van der Waals surface area contributed by atoms with E-state index >= 15 is 0 Å². The number of rotatable bonds is 4. The van der Waals surface area contributed by atoms with E-state index in [2.05, 4.69) is 67.7 Å². The Morgan fingerprint density at radius 3 is 2.50 bits per heavy atom. The normalized spacial score (nSPS) is 19.4. The van der Waals surface area contributed by atoms with E-state index in [9.17, 15) is 0 Å². The van der Waals surface area contributed by atoms with Crippen LogP contribution in [0.2, 0.25) is 0 Å². The van der Waals surface area contributed by atoms with E-state index in [0.717, 1.165) is 18.7 Å². The molecule has 2 heteroatoms. The molecule has 1 N–H and O–H groups in total. The average molecular weight is 267 g/mol. The second kappa shape index (κ2) is 5.29. The van der Waals surface area contributed by atoms with Gasteiger partial charge < -0.3 is 10.1 Å². The van der Waals surface area contributed by atoms with Gasteiger partial charge in [0.2, 0.25) is 0 Å². The Bertz CT molecular complexity index is 577. The van der Waals surface area contributed by atoms with E-state index < -0.39 is 0 Å². The highest BCUT2D eigenvalue weighted by atomic mass is 16.5. The van der Waals surface area contributed by atoms with E-state index in [1.54, 1.807) is 0 Å². The van der Waals surface area contributed by atoms with Gasteiger partial charge in [0.05, 0.1) is 6.04 Å². The van der Waals surface area contributed by atoms with Gasteiger partial charge in [-0.1, -0.05) is 48.5 Å². The van der Waals surface area contributed by atoms with Crippen molar-refractivity contribution in [1.82, 2.24) is 5.32 Å². The topological polar surface area (TPSA) is 21.3 Å². The molecule has 1 aliphatic heterocycles. The minimum absolute atomic E-state index is 0.194. The molecule has 2 nitrogen and oxygen atoms in total. The molecule has 104 valence electrons. The van der Waals surface area contributed by atoms with Gasteiger partial charge >= 0.3 is 0 Å². The summed E-state index contributed by atoms with van der Waals surface area (Å²) in [5.74, 6) is 1.01. The predicted octanol–water partition coefficient (Wildman–Crippen LogP) is 3.73. The van der Waals surface area contributed by atoms with Crippen molar-refractivity contribution < 1.29 is 4.74 Å². The van der Waals surface area contributed by atoms with Crippen LogP contribution in [0, 0.1) is 0 Å². The van der Waals surface area contributed by atoms with Gasteiger partial charge in [0.15, 0.2) is 0 Å². The molecule has 2 aromatic rings. The van der Waals surface area contributed by atoms with Crippen molar-refractivity contribution >= 4 is 0 Å². The zero-order valence-electron chi connectivity index (χ0n) is 12.1. The Kier molecular flexibility index (Phi) is 3.49. The van der Waals surface area contributed by atoms with Gasteiger partial charge in [-0.2, -0.15) is 0 Å².